The van der Waals surface area contributed by atoms with E-state index in [0.717, 1.165) is 32.2 Å². The van der Waals surface area contributed by atoms with E-state index in [1.54, 1.807) is 27.7 Å². The lowest BCUT2D eigenvalue weighted by Gasteiger charge is -2.34. The topological polar surface area (TPSA) is 17.2 Å². The average molecular weight is 446 g/mol. The number of halogens is 4. The van der Waals surface area contributed by atoms with Crippen molar-refractivity contribution in [3.63, 3.8) is 0 Å². The van der Waals surface area contributed by atoms with Crippen molar-refractivity contribution in [2.24, 2.45) is 0 Å². The van der Waals surface area contributed by atoms with E-state index in [1.165, 1.54) is 7.11 Å². The van der Waals surface area contributed by atoms with Crippen molar-refractivity contribution in [3.05, 3.63) is 68.7 Å². The molecule has 0 bridgehead atoms. The fraction of sp³-hybridized carbons (Fsp3) is 0.375. The van der Waals surface area contributed by atoms with Crippen molar-refractivity contribution in [2.75, 3.05) is 7.11 Å². The number of nitrogens with zero attached hydrogens (tertiary/aromatic N) is 2. The fourth-order valence-electron chi connectivity index (χ4n) is 5.62. The van der Waals surface area contributed by atoms with Crippen LogP contribution in [0, 0.1) is 25.5 Å². The van der Waals surface area contributed by atoms with Gasteiger partial charge in [0.15, 0.2) is 5.70 Å². The van der Waals surface area contributed by atoms with Gasteiger partial charge in [-0.25, -0.2) is 8.78 Å². The molecule has 0 spiro atoms. The summed E-state index contributed by atoms with van der Waals surface area (Å²) in [7, 11) is 1.32. The van der Waals surface area contributed by atoms with Gasteiger partial charge in [-0.2, -0.15) is 0 Å². The number of ether oxygens (including phenoxy) is 1. The maximum absolute atomic E-state index is 16.1. The zero-order chi connectivity index (χ0) is 23.7. The third kappa shape index (κ3) is 2.71. The second-order valence-electron chi connectivity index (χ2n) is 8.45. The van der Waals surface area contributed by atoms with E-state index < -0.39 is 18.6 Å². The smallest absolute Gasteiger partial charge is 0.497 e. The van der Waals surface area contributed by atoms with Crippen LogP contribution in [-0.2, 0) is 6.42 Å². The van der Waals surface area contributed by atoms with Gasteiger partial charge < -0.3 is 22.3 Å². The van der Waals surface area contributed by atoms with E-state index in [-0.39, 0.29) is 28.3 Å². The first-order valence-corrected chi connectivity index (χ1v) is 10.9. The molecule has 0 radical (unpaired) electrons. The first kappa shape index (κ1) is 22.4. The normalized spacial score (nSPS) is 17.3. The lowest BCUT2D eigenvalue weighted by Crippen LogP contribution is -2.51. The van der Waals surface area contributed by atoms with Crippen LogP contribution in [0.25, 0.3) is 5.57 Å². The minimum atomic E-state index is -4.25. The van der Waals surface area contributed by atoms with Gasteiger partial charge >= 0.3 is 6.97 Å². The predicted octanol–water partition coefficient (Wildman–Crippen LogP) is 6.16. The van der Waals surface area contributed by atoms with Crippen molar-refractivity contribution in [1.82, 2.24) is 4.48 Å². The molecule has 8 heteroatoms. The zero-order valence-electron chi connectivity index (χ0n) is 19.5. The highest BCUT2D eigenvalue weighted by molar-refractivity contribution is 6.58. The number of hydrogen-bond donors (Lipinski definition) is 0. The van der Waals surface area contributed by atoms with Crippen LogP contribution in [-0.4, -0.2) is 28.8 Å². The van der Waals surface area contributed by atoms with E-state index in [0.29, 0.717) is 35.4 Å². The second kappa shape index (κ2) is 7.39. The van der Waals surface area contributed by atoms with E-state index in [1.807, 2.05) is 13.8 Å². The quantitative estimate of drug-likeness (QED) is 0.406. The second-order valence-corrected chi connectivity index (χ2v) is 8.45. The summed E-state index contributed by atoms with van der Waals surface area (Å²) in [6.07, 6.45) is 1.08. The zero-order valence-corrected chi connectivity index (χ0v) is 19.5. The largest absolute Gasteiger partial charge is 0.737 e. The van der Waals surface area contributed by atoms with Crippen molar-refractivity contribution in [3.8, 4) is 5.75 Å². The molecule has 0 atom stereocenters. The maximum atomic E-state index is 16.1. The van der Waals surface area contributed by atoms with Gasteiger partial charge in [0.1, 0.15) is 23.1 Å². The number of methoxy groups -OCH3 is 1. The lowest BCUT2D eigenvalue weighted by atomic mass is 9.83. The van der Waals surface area contributed by atoms with Gasteiger partial charge in [-0.05, 0) is 50.4 Å². The Hall–Kier alpha value is -2.77. The summed E-state index contributed by atoms with van der Waals surface area (Å²) in [5.74, 6) is -1.66. The summed E-state index contributed by atoms with van der Waals surface area (Å²) in [6, 6.07) is 2.19. The molecule has 2 aromatic rings. The molecular weight excluding hydrogens is 419 g/mol. The molecule has 3 nitrogen and oxygen atoms in total. The van der Waals surface area contributed by atoms with E-state index in [9.17, 15) is 0 Å². The first-order chi connectivity index (χ1) is 15.0. The average Bonchev–Trinajstić information content (AvgIpc) is 3.14. The number of aromatic nitrogens is 1. The molecule has 0 saturated heterocycles. The Morgan fingerprint density at radius 2 is 1.59 bits per heavy atom. The highest BCUT2D eigenvalue weighted by Crippen LogP contribution is 2.48. The molecule has 0 N–H and O–H groups in total. The van der Waals surface area contributed by atoms with Gasteiger partial charge in [0, 0.05) is 35.9 Å². The molecular formula is C24H27BF4N2O. The van der Waals surface area contributed by atoms with Gasteiger partial charge in [0.25, 0.3) is 0 Å². The first-order valence-electron chi connectivity index (χ1n) is 10.9. The summed E-state index contributed by atoms with van der Waals surface area (Å²) in [4.78, 5) is 0. The van der Waals surface area contributed by atoms with E-state index in [4.69, 9.17) is 4.74 Å². The van der Waals surface area contributed by atoms with Gasteiger partial charge in [0.05, 0.1) is 18.2 Å². The van der Waals surface area contributed by atoms with Crippen molar-refractivity contribution >= 4 is 18.3 Å². The standard InChI is InChI=1S/C24H27BF4N2O/c1-8-17-12(3)23-22(21-19(26)10-16(32-7)11-20(21)27)24-13(4)18(9-2)15(6)31(24)25(28,29)30(23)14(17)5/h10-11H,8-9H2,1-7H3. The molecule has 0 amide bonds. The third-order valence-corrected chi connectivity index (χ3v) is 7.00. The number of benzene rings is 1. The molecule has 1 aromatic heterocycles. The summed E-state index contributed by atoms with van der Waals surface area (Å²) in [5, 5.41) is 0. The van der Waals surface area contributed by atoms with E-state index >= 15 is 17.4 Å². The molecule has 4 rings (SSSR count). The monoisotopic (exact) mass is 446 g/mol. The molecule has 2 aliphatic rings. The van der Waals surface area contributed by atoms with E-state index in [2.05, 4.69) is 0 Å². The number of hydrogen-bond acceptors (Lipinski definition) is 1. The molecule has 3 heterocycles. The molecule has 2 aliphatic heterocycles. The van der Waals surface area contributed by atoms with Crippen LogP contribution in [0.5, 0.6) is 5.75 Å². The Balaban J connectivity index is 2.26. The predicted molar refractivity (Wildman–Crippen MR) is 120 cm³/mol. The molecule has 1 aromatic carbocycles. The summed E-state index contributed by atoms with van der Waals surface area (Å²) in [5.41, 5.74) is 3.85. The summed E-state index contributed by atoms with van der Waals surface area (Å²) < 4.78 is 70.0. The van der Waals surface area contributed by atoms with Crippen LogP contribution in [0.1, 0.15) is 62.2 Å². The Kier molecular flexibility index (Phi) is 5.18. The Morgan fingerprint density at radius 1 is 1.00 bits per heavy atom. The highest BCUT2D eigenvalue weighted by atomic mass is 19.2. The molecule has 0 fully saturated rings. The van der Waals surface area contributed by atoms with Crippen LogP contribution in [0.3, 0.4) is 0 Å². The Morgan fingerprint density at radius 3 is 2.09 bits per heavy atom. The minimum absolute atomic E-state index is 0.0322. The Bertz CT molecular complexity index is 1240. The maximum Gasteiger partial charge on any atom is 0.737 e. The SMILES string of the molecule is CCC1=C(C)C2=C(c3c(F)cc(OC)cc3F)c3c(C)c(CC)c(C)n3[B-](F)(F)[N+]2=C1C. The number of rotatable bonds is 4. The fourth-order valence-corrected chi connectivity index (χ4v) is 5.62. The van der Waals surface area contributed by atoms with Gasteiger partial charge in [-0.3, -0.25) is 0 Å². The van der Waals surface area contributed by atoms with Gasteiger partial charge in [-0.1, -0.05) is 13.8 Å². The van der Waals surface area contributed by atoms with Crippen LogP contribution < -0.4 is 4.74 Å². The minimum Gasteiger partial charge on any atom is -0.497 e. The molecule has 32 heavy (non-hydrogen) atoms. The highest BCUT2D eigenvalue weighted by Gasteiger charge is 2.57. The van der Waals surface area contributed by atoms with Crippen LogP contribution in [0.4, 0.5) is 17.4 Å². The van der Waals surface area contributed by atoms with Crippen LogP contribution >= 0.6 is 0 Å². The number of allylic oxidation sites excluding steroid dienone is 2. The molecule has 0 aliphatic carbocycles. The van der Waals surface area contributed by atoms with Crippen molar-refractivity contribution in [1.29, 1.82) is 0 Å². The summed E-state index contributed by atoms with van der Waals surface area (Å²) >= 11 is 0. The molecule has 0 unspecified atom stereocenters. The Labute approximate surface area is 185 Å². The van der Waals surface area contributed by atoms with Crippen LogP contribution in [0.15, 0.2) is 29.0 Å². The van der Waals surface area contributed by atoms with Crippen molar-refractivity contribution in [2.45, 2.75) is 54.4 Å². The molecule has 170 valence electrons. The lowest BCUT2D eigenvalue weighted by molar-refractivity contribution is -0.363. The molecule has 0 saturated carbocycles. The van der Waals surface area contributed by atoms with Crippen molar-refractivity contribution < 1.29 is 26.6 Å². The van der Waals surface area contributed by atoms with Gasteiger partial charge in [-0.15, -0.1) is 0 Å². The number of fused-ring (bicyclic) bond motifs is 2. The van der Waals surface area contributed by atoms with Crippen LogP contribution in [0.2, 0.25) is 0 Å². The summed E-state index contributed by atoms with van der Waals surface area (Å²) in [6.45, 7) is 6.36. The van der Waals surface area contributed by atoms with Gasteiger partial charge in [0.2, 0.25) is 0 Å². The third-order valence-electron chi connectivity index (χ3n) is 7.00.